The summed E-state index contributed by atoms with van der Waals surface area (Å²) in [6, 6.07) is 15.1. The predicted octanol–water partition coefficient (Wildman–Crippen LogP) is 2.48. The summed E-state index contributed by atoms with van der Waals surface area (Å²) in [5.74, 6) is 0.367. The molecule has 0 saturated heterocycles. The number of aliphatic hydroxyl groups excluding tert-OH is 1. The summed E-state index contributed by atoms with van der Waals surface area (Å²) in [6.45, 7) is 3.98. The molecule has 0 spiro atoms. The van der Waals surface area contributed by atoms with Crippen molar-refractivity contribution in [3.63, 3.8) is 0 Å². The van der Waals surface area contributed by atoms with Gasteiger partial charge in [0, 0.05) is 36.8 Å². The van der Waals surface area contributed by atoms with Gasteiger partial charge < -0.3 is 20.5 Å². The van der Waals surface area contributed by atoms with Gasteiger partial charge in [0.15, 0.2) is 0 Å². The maximum absolute atomic E-state index is 13.0. The molecule has 0 fully saturated rings. The minimum absolute atomic E-state index is 0.0292. The number of amides is 2. The van der Waals surface area contributed by atoms with Gasteiger partial charge in [-0.15, -0.1) is 0 Å². The first-order valence-electron chi connectivity index (χ1n) is 11.3. The topological polar surface area (TPSA) is 90.9 Å². The Labute approximate surface area is 189 Å². The van der Waals surface area contributed by atoms with E-state index < -0.39 is 0 Å². The molecule has 32 heavy (non-hydrogen) atoms. The maximum Gasteiger partial charge on any atom is 0.252 e. The minimum Gasteiger partial charge on any atom is -0.493 e. The molecule has 0 aromatic heterocycles. The number of hydrogen-bond donors (Lipinski definition) is 3. The normalized spacial score (nSPS) is 16.9. The predicted molar refractivity (Wildman–Crippen MR) is 123 cm³/mol. The number of nitrogens with one attached hydrogen (secondary N) is 2. The Balaban J connectivity index is 1.94. The Morgan fingerprint density at radius 1 is 1.12 bits per heavy atom. The van der Waals surface area contributed by atoms with Gasteiger partial charge in [0.25, 0.3) is 5.91 Å². The molecule has 7 nitrogen and oxygen atoms in total. The largest absolute Gasteiger partial charge is 0.493 e. The van der Waals surface area contributed by atoms with Crippen LogP contribution in [0.3, 0.4) is 0 Å². The van der Waals surface area contributed by atoms with Gasteiger partial charge >= 0.3 is 0 Å². The van der Waals surface area contributed by atoms with Crippen LogP contribution in [0.15, 0.2) is 48.5 Å². The molecular formula is C25H33N3O4. The van der Waals surface area contributed by atoms with Gasteiger partial charge in [0.05, 0.1) is 19.8 Å². The van der Waals surface area contributed by atoms with Gasteiger partial charge in [-0.1, -0.05) is 36.4 Å². The Hall–Kier alpha value is -2.90. The van der Waals surface area contributed by atoms with Crippen LogP contribution in [0, 0.1) is 0 Å². The monoisotopic (exact) mass is 439 g/mol. The number of rotatable bonds is 5. The first kappa shape index (κ1) is 23.8. The number of carbonyl (C=O) groups is 2. The summed E-state index contributed by atoms with van der Waals surface area (Å²) >= 11 is 0. The van der Waals surface area contributed by atoms with E-state index in [-0.39, 0.29) is 31.0 Å². The molecule has 3 N–H and O–H groups in total. The third kappa shape index (κ3) is 7.07. The average Bonchev–Trinajstić information content (AvgIpc) is 2.80. The summed E-state index contributed by atoms with van der Waals surface area (Å²) in [5, 5.41) is 15.2. The van der Waals surface area contributed by atoms with Crippen molar-refractivity contribution in [1.82, 2.24) is 15.5 Å². The van der Waals surface area contributed by atoms with Crippen molar-refractivity contribution < 1.29 is 19.4 Å². The van der Waals surface area contributed by atoms with E-state index in [1.807, 2.05) is 47.4 Å². The highest BCUT2D eigenvalue weighted by Crippen LogP contribution is 2.26. The van der Waals surface area contributed by atoms with Gasteiger partial charge in [0.1, 0.15) is 5.75 Å². The molecule has 0 aliphatic carbocycles. The maximum atomic E-state index is 13.0. The summed E-state index contributed by atoms with van der Waals surface area (Å²) in [4.78, 5) is 27.6. The second kappa shape index (κ2) is 12.2. The van der Waals surface area contributed by atoms with Crippen LogP contribution in [-0.4, -0.2) is 54.2 Å². The summed E-state index contributed by atoms with van der Waals surface area (Å²) < 4.78 is 6.09. The van der Waals surface area contributed by atoms with Crippen LogP contribution < -0.4 is 15.4 Å². The lowest BCUT2D eigenvalue weighted by Gasteiger charge is -2.25. The Morgan fingerprint density at radius 3 is 2.72 bits per heavy atom. The van der Waals surface area contributed by atoms with Crippen molar-refractivity contribution in [3.8, 4) is 5.75 Å². The van der Waals surface area contributed by atoms with Crippen LogP contribution in [0.4, 0.5) is 0 Å². The summed E-state index contributed by atoms with van der Waals surface area (Å²) in [5.41, 5.74) is 2.33. The lowest BCUT2D eigenvalue weighted by Crippen LogP contribution is -2.38. The fourth-order valence-corrected chi connectivity index (χ4v) is 3.73. The SMILES string of the molecule is C[C@@H](CO)NC(=O)c1cccc2c1CN(Cc1ccccc1)CC(=O)NCCCCCO2. The van der Waals surface area contributed by atoms with E-state index in [0.717, 1.165) is 30.4 Å². The molecule has 2 amide bonds. The molecule has 1 heterocycles. The summed E-state index contributed by atoms with van der Waals surface area (Å²) in [7, 11) is 0. The molecule has 0 unspecified atom stereocenters. The number of aliphatic hydroxyl groups is 1. The summed E-state index contributed by atoms with van der Waals surface area (Å²) in [6.07, 6.45) is 2.74. The second-order valence-corrected chi connectivity index (χ2v) is 8.23. The van der Waals surface area contributed by atoms with E-state index in [2.05, 4.69) is 10.6 Å². The highest BCUT2D eigenvalue weighted by molar-refractivity contribution is 5.96. The fraction of sp³-hybridized carbons (Fsp3) is 0.440. The standard InChI is InChI=1S/C25H33N3O4/c1-19(18-29)27-25(31)21-11-8-12-23-22(21)16-28(15-20-9-4-2-5-10-20)17-24(30)26-13-6-3-7-14-32-23/h2,4-5,8-12,19,29H,3,6-7,13-18H2,1H3,(H,26,30)(H,27,31)/t19-/m0/s1. The molecule has 7 heteroatoms. The number of hydrogen-bond acceptors (Lipinski definition) is 5. The number of nitrogens with zero attached hydrogens (tertiary/aromatic N) is 1. The highest BCUT2D eigenvalue weighted by atomic mass is 16.5. The average molecular weight is 440 g/mol. The third-order valence-electron chi connectivity index (χ3n) is 5.43. The molecule has 1 atom stereocenters. The van der Waals surface area contributed by atoms with Gasteiger partial charge in [-0.3, -0.25) is 14.5 Å². The molecule has 172 valence electrons. The van der Waals surface area contributed by atoms with Crippen LogP contribution in [0.5, 0.6) is 5.75 Å². The lowest BCUT2D eigenvalue weighted by molar-refractivity contribution is -0.122. The Morgan fingerprint density at radius 2 is 1.94 bits per heavy atom. The first-order valence-corrected chi connectivity index (χ1v) is 11.3. The number of benzene rings is 2. The van der Waals surface area contributed by atoms with Crippen molar-refractivity contribution >= 4 is 11.8 Å². The lowest BCUT2D eigenvalue weighted by atomic mass is 10.0. The molecule has 1 aliphatic rings. The quantitative estimate of drug-likeness (QED) is 0.666. The smallest absolute Gasteiger partial charge is 0.252 e. The van der Waals surface area contributed by atoms with Gasteiger partial charge in [-0.25, -0.2) is 0 Å². The van der Waals surface area contributed by atoms with Crippen LogP contribution >= 0.6 is 0 Å². The van der Waals surface area contributed by atoms with E-state index >= 15 is 0 Å². The molecule has 0 saturated carbocycles. The number of fused-ring (bicyclic) bond motifs is 1. The van der Waals surface area contributed by atoms with E-state index in [0.29, 0.717) is 37.6 Å². The van der Waals surface area contributed by atoms with Crippen LogP contribution in [0.1, 0.15) is 47.7 Å². The van der Waals surface area contributed by atoms with Crippen molar-refractivity contribution in [2.75, 3.05) is 26.3 Å². The van der Waals surface area contributed by atoms with Crippen molar-refractivity contribution in [2.45, 2.75) is 45.3 Å². The van der Waals surface area contributed by atoms with Gasteiger partial charge in [-0.05, 0) is 43.9 Å². The molecule has 0 bridgehead atoms. The Bertz CT molecular complexity index is 888. The molecular weight excluding hydrogens is 406 g/mol. The van der Waals surface area contributed by atoms with Crippen LogP contribution in [0.25, 0.3) is 0 Å². The van der Waals surface area contributed by atoms with Crippen molar-refractivity contribution in [3.05, 3.63) is 65.2 Å². The minimum atomic E-state index is -0.361. The molecule has 1 aliphatic heterocycles. The van der Waals surface area contributed by atoms with Crippen molar-refractivity contribution in [2.24, 2.45) is 0 Å². The van der Waals surface area contributed by atoms with E-state index in [4.69, 9.17) is 4.74 Å². The fourth-order valence-electron chi connectivity index (χ4n) is 3.73. The van der Waals surface area contributed by atoms with Crippen molar-refractivity contribution in [1.29, 1.82) is 0 Å². The number of ether oxygens (including phenoxy) is 1. The van der Waals surface area contributed by atoms with E-state index in [1.54, 1.807) is 13.0 Å². The third-order valence-corrected chi connectivity index (χ3v) is 5.43. The van der Waals surface area contributed by atoms with Gasteiger partial charge in [0.2, 0.25) is 5.91 Å². The zero-order chi connectivity index (χ0) is 22.8. The second-order valence-electron chi connectivity index (χ2n) is 8.23. The number of carbonyl (C=O) groups excluding carboxylic acids is 2. The molecule has 3 rings (SSSR count). The molecule has 2 aromatic rings. The molecule has 2 aromatic carbocycles. The zero-order valence-electron chi connectivity index (χ0n) is 18.7. The first-order chi connectivity index (χ1) is 15.6. The zero-order valence-corrected chi connectivity index (χ0v) is 18.7. The van der Waals surface area contributed by atoms with Crippen LogP contribution in [-0.2, 0) is 17.9 Å². The van der Waals surface area contributed by atoms with Crippen LogP contribution in [0.2, 0.25) is 0 Å². The van der Waals surface area contributed by atoms with Gasteiger partial charge in [-0.2, -0.15) is 0 Å². The van der Waals surface area contributed by atoms with E-state index in [1.165, 1.54) is 0 Å². The van der Waals surface area contributed by atoms with E-state index in [9.17, 15) is 14.7 Å². The molecule has 0 radical (unpaired) electrons. The Kier molecular flexibility index (Phi) is 9.07. The highest BCUT2D eigenvalue weighted by Gasteiger charge is 2.21.